The van der Waals surface area contributed by atoms with Crippen LogP contribution in [-0.2, 0) is 11.2 Å². The lowest BCUT2D eigenvalue weighted by molar-refractivity contribution is 0.0807. The SMILES string of the molecule is COC1(Cc2ccc(C(C)N3CCNCC3)cc2)CC1. The fourth-order valence-electron chi connectivity index (χ4n) is 3.16. The molecule has 1 saturated carbocycles. The lowest BCUT2D eigenvalue weighted by Crippen LogP contribution is -2.44. The monoisotopic (exact) mass is 274 g/mol. The summed E-state index contributed by atoms with van der Waals surface area (Å²) in [6.45, 7) is 6.83. The number of ether oxygens (including phenoxy) is 1. The van der Waals surface area contributed by atoms with Crippen molar-refractivity contribution in [1.29, 1.82) is 0 Å². The average molecular weight is 274 g/mol. The van der Waals surface area contributed by atoms with Crippen molar-refractivity contribution < 1.29 is 4.74 Å². The van der Waals surface area contributed by atoms with E-state index in [4.69, 9.17) is 4.74 Å². The van der Waals surface area contributed by atoms with Gasteiger partial charge in [0, 0.05) is 45.8 Å². The van der Waals surface area contributed by atoms with E-state index in [2.05, 4.69) is 41.4 Å². The molecule has 3 rings (SSSR count). The summed E-state index contributed by atoms with van der Waals surface area (Å²) >= 11 is 0. The van der Waals surface area contributed by atoms with E-state index in [1.165, 1.54) is 24.0 Å². The normalized spacial score (nSPS) is 23.5. The van der Waals surface area contributed by atoms with Gasteiger partial charge in [-0.05, 0) is 30.9 Å². The molecule has 20 heavy (non-hydrogen) atoms. The Kier molecular flexibility index (Phi) is 4.11. The van der Waals surface area contributed by atoms with E-state index in [1.54, 1.807) is 0 Å². The Hall–Kier alpha value is -0.900. The van der Waals surface area contributed by atoms with Crippen LogP contribution in [0.3, 0.4) is 0 Å². The van der Waals surface area contributed by atoms with Crippen LogP contribution >= 0.6 is 0 Å². The molecule has 110 valence electrons. The lowest BCUT2D eigenvalue weighted by atomic mass is 10.0. The van der Waals surface area contributed by atoms with Crippen LogP contribution in [0.25, 0.3) is 0 Å². The van der Waals surface area contributed by atoms with E-state index < -0.39 is 0 Å². The Bertz CT molecular complexity index is 433. The van der Waals surface area contributed by atoms with Gasteiger partial charge in [0.15, 0.2) is 0 Å². The summed E-state index contributed by atoms with van der Waals surface area (Å²) in [6.07, 6.45) is 3.48. The summed E-state index contributed by atoms with van der Waals surface area (Å²) in [5, 5.41) is 3.41. The highest BCUT2D eigenvalue weighted by Gasteiger charge is 2.42. The fourth-order valence-corrected chi connectivity index (χ4v) is 3.16. The van der Waals surface area contributed by atoms with Gasteiger partial charge in [0.25, 0.3) is 0 Å². The molecule has 0 radical (unpaired) electrons. The predicted molar refractivity (Wildman–Crippen MR) is 82.0 cm³/mol. The van der Waals surface area contributed by atoms with Crippen molar-refractivity contribution in [2.75, 3.05) is 33.3 Å². The van der Waals surface area contributed by atoms with Crippen molar-refractivity contribution in [3.8, 4) is 0 Å². The Morgan fingerprint density at radius 2 is 1.85 bits per heavy atom. The van der Waals surface area contributed by atoms with Gasteiger partial charge in [-0.25, -0.2) is 0 Å². The first-order valence-corrected chi connectivity index (χ1v) is 7.81. The molecule has 1 aliphatic heterocycles. The largest absolute Gasteiger partial charge is 0.378 e. The molecular formula is C17H26N2O. The molecule has 0 spiro atoms. The maximum Gasteiger partial charge on any atom is 0.0721 e. The minimum atomic E-state index is 0.158. The molecule has 1 unspecified atom stereocenters. The van der Waals surface area contributed by atoms with Gasteiger partial charge in [0.05, 0.1) is 5.60 Å². The van der Waals surface area contributed by atoms with E-state index in [0.717, 1.165) is 32.6 Å². The van der Waals surface area contributed by atoms with E-state index in [0.29, 0.717) is 6.04 Å². The zero-order valence-corrected chi connectivity index (χ0v) is 12.7. The number of methoxy groups -OCH3 is 1. The van der Waals surface area contributed by atoms with Crippen LogP contribution in [-0.4, -0.2) is 43.8 Å². The van der Waals surface area contributed by atoms with Gasteiger partial charge in [0.1, 0.15) is 0 Å². The third kappa shape index (κ3) is 3.05. The van der Waals surface area contributed by atoms with Gasteiger partial charge in [0.2, 0.25) is 0 Å². The second-order valence-corrected chi connectivity index (χ2v) is 6.27. The highest BCUT2D eigenvalue weighted by atomic mass is 16.5. The molecule has 3 heteroatoms. The molecule has 1 aromatic rings. The average Bonchev–Trinajstić information content (AvgIpc) is 3.28. The van der Waals surface area contributed by atoms with E-state index in [-0.39, 0.29) is 5.60 Å². The number of hydrogen-bond acceptors (Lipinski definition) is 3. The molecule has 2 aliphatic rings. The summed E-state index contributed by atoms with van der Waals surface area (Å²) in [6, 6.07) is 9.69. The van der Waals surface area contributed by atoms with Gasteiger partial charge in [-0.2, -0.15) is 0 Å². The van der Waals surface area contributed by atoms with Crippen molar-refractivity contribution in [3.63, 3.8) is 0 Å². The van der Waals surface area contributed by atoms with E-state index in [1.807, 2.05) is 7.11 Å². The smallest absolute Gasteiger partial charge is 0.0721 e. The zero-order valence-electron chi connectivity index (χ0n) is 12.7. The fraction of sp³-hybridized carbons (Fsp3) is 0.647. The van der Waals surface area contributed by atoms with Gasteiger partial charge in [-0.3, -0.25) is 4.90 Å². The molecule has 1 aromatic carbocycles. The Balaban J connectivity index is 1.63. The van der Waals surface area contributed by atoms with Gasteiger partial charge in [-0.1, -0.05) is 24.3 Å². The molecule has 0 bridgehead atoms. The second kappa shape index (κ2) is 5.84. The molecule has 1 atom stereocenters. The molecule has 1 saturated heterocycles. The van der Waals surface area contributed by atoms with Crippen molar-refractivity contribution in [1.82, 2.24) is 10.2 Å². The van der Waals surface area contributed by atoms with Crippen LogP contribution in [0.5, 0.6) is 0 Å². The quantitative estimate of drug-likeness (QED) is 0.892. The minimum absolute atomic E-state index is 0.158. The third-order valence-corrected chi connectivity index (χ3v) is 4.93. The summed E-state index contributed by atoms with van der Waals surface area (Å²) < 4.78 is 5.61. The topological polar surface area (TPSA) is 24.5 Å². The number of rotatable bonds is 5. The molecule has 3 nitrogen and oxygen atoms in total. The Morgan fingerprint density at radius 3 is 2.40 bits per heavy atom. The van der Waals surface area contributed by atoms with Crippen LogP contribution in [0.2, 0.25) is 0 Å². The number of piperazine rings is 1. The molecule has 1 heterocycles. The minimum Gasteiger partial charge on any atom is -0.378 e. The molecule has 2 fully saturated rings. The number of benzene rings is 1. The summed E-state index contributed by atoms with van der Waals surface area (Å²) in [4.78, 5) is 2.56. The number of hydrogen-bond donors (Lipinski definition) is 1. The van der Waals surface area contributed by atoms with Gasteiger partial charge >= 0.3 is 0 Å². The first-order valence-electron chi connectivity index (χ1n) is 7.81. The van der Waals surface area contributed by atoms with Crippen LogP contribution in [0.15, 0.2) is 24.3 Å². The van der Waals surface area contributed by atoms with Crippen LogP contribution in [0.4, 0.5) is 0 Å². The molecular weight excluding hydrogens is 248 g/mol. The maximum absolute atomic E-state index is 5.61. The first-order chi connectivity index (χ1) is 9.72. The summed E-state index contributed by atoms with van der Waals surface area (Å²) in [5.41, 5.74) is 2.99. The molecule has 1 aliphatic carbocycles. The number of nitrogens with one attached hydrogen (secondary N) is 1. The van der Waals surface area contributed by atoms with Crippen LogP contribution in [0, 0.1) is 0 Å². The van der Waals surface area contributed by atoms with Crippen LogP contribution < -0.4 is 5.32 Å². The van der Waals surface area contributed by atoms with Gasteiger partial charge < -0.3 is 10.1 Å². The summed E-state index contributed by atoms with van der Waals surface area (Å²) in [7, 11) is 1.84. The van der Waals surface area contributed by atoms with Crippen molar-refractivity contribution >= 4 is 0 Å². The van der Waals surface area contributed by atoms with Crippen molar-refractivity contribution in [3.05, 3.63) is 35.4 Å². The lowest BCUT2D eigenvalue weighted by Gasteiger charge is -2.33. The standard InChI is InChI=1S/C17H26N2O/c1-14(19-11-9-18-10-12-19)16-5-3-15(4-6-16)13-17(20-2)7-8-17/h3-6,14,18H,7-13H2,1-2H3. The van der Waals surface area contributed by atoms with Crippen molar-refractivity contribution in [2.45, 2.75) is 37.8 Å². The molecule has 1 N–H and O–H groups in total. The predicted octanol–water partition coefficient (Wildman–Crippen LogP) is 2.37. The van der Waals surface area contributed by atoms with Gasteiger partial charge in [-0.15, -0.1) is 0 Å². The second-order valence-electron chi connectivity index (χ2n) is 6.27. The van der Waals surface area contributed by atoms with E-state index in [9.17, 15) is 0 Å². The maximum atomic E-state index is 5.61. The number of nitrogens with zero attached hydrogens (tertiary/aromatic N) is 1. The van der Waals surface area contributed by atoms with E-state index >= 15 is 0 Å². The highest BCUT2D eigenvalue weighted by molar-refractivity contribution is 5.27. The Morgan fingerprint density at radius 1 is 1.20 bits per heavy atom. The Labute approximate surface area is 122 Å². The molecule has 0 amide bonds. The zero-order chi connectivity index (χ0) is 14.0. The van der Waals surface area contributed by atoms with Crippen LogP contribution in [0.1, 0.15) is 36.9 Å². The molecule has 0 aromatic heterocycles. The highest BCUT2D eigenvalue weighted by Crippen LogP contribution is 2.41. The first kappa shape index (κ1) is 14.1. The summed E-state index contributed by atoms with van der Waals surface area (Å²) in [5.74, 6) is 0. The van der Waals surface area contributed by atoms with Crippen molar-refractivity contribution in [2.24, 2.45) is 0 Å². The third-order valence-electron chi connectivity index (χ3n) is 4.93.